The first-order valence-corrected chi connectivity index (χ1v) is 10.6. The van der Waals surface area contributed by atoms with E-state index in [1.165, 1.54) is 6.21 Å². The van der Waals surface area contributed by atoms with Crippen molar-refractivity contribution >= 4 is 34.0 Å². The van der Waals surface area contributed by atoms with Crippen LogP contribution in [0.15, 0.2) is 62.5 Å². The van der Waals surface area contributed by atoms with Crippen LogP contribution in [0.25, 0.3) is 11.3 Å². The number of fused-ring (bicyclic) bond motifs is 1. The first-order chi connectivity index (χ1) is 15.4. The Balaban J connectivity index is 1.32. The van der Waals surface area contributed by atoms with Crippen LogP contribution in [0.3, 0.4) is 0 Å². The van der Waals surface area contributed by atoms with Crippen LogP contribution >= 0.6 is 15.9 Å². The summed E-state index contributed by atoms with van der Waals surface area (Å²) < 4.78 is 17.2. The van der Waals surface area contributed by atoms with E-state index in [9.17, 15) is 9.59 Å². The number of furan rings is 1. The Hall–Kier alpha value is -3.59. The van der Waals surface area contributed by atoms with Gasteiger partial charge in [-0.3, -0.25) is 9.59 Å². The Morgan fingerprint density at radius 2 is 1.91 bits per heavy atom. The van der Waals surface area contributed by atoms with Gasteiger partial charge in [0.25, 0.3) is 11.8 Å². The van der Waals surface area contributed by atoms with Gasteiger partial charge in [0.2, 0.25) is 6.79 Å². The molecule has 1 aromatic heterocycles. The van der Waals surface area contributed by atoms with E-state index in [1.54, 1.807) is 31.2 Å². The average molecular weight is 498 g/mol. The van der Waals surface area contributed by atoms with E-state index < -0.39 is 17.9 Å². The highest BCUT2D eigenvalue weighted by Crippen LogP contribution is 2.32. The highest BCUT2D eigenvalue weighted by Gasteiger charge is 2.19. The van der Waals surface area contributed by atoms with Crippen LogP contribution in [0.5, 0.6) is 11.5 Å². The largest absolute Gasteiger partial charge is 0.455 e. The molecule has 0 spiro atoms. The molecule has 164 valence electrons. The first-order valence-electron chi connectivity index (χ1n) is 9.80. The highest BCUT2D eigenvalue weighted by molar-refractivity contribution is 9.10. The third-order valence-corrected chi connectivity index (χ3v) is 5.42. The molecule has 0 fully saturated rings. The number of amides is 2. The van der Waals surface area contributed by atoms with Gasteiger partial charge in [-0.25, -0.2) is 5.43 Å². The fourth-order valence-corrected chi connectivity index (χ4v) is 3.72. The third-order valence-electron chi connectivity index (χ3n) is 4.76. The van der Waals surface area contributed by atoms with Gasteiger partial charge in [-0.2, -0.15) is 5.10 Å². The topological polar surface area (TPSA) is 102 Å². The van der Waals surface area contributed by atoms with E-state index in [2.05, 4.69) is 31.8 Å². The summed E-state index contributed by atoms with van der Waals surface area (Å²) in [5, 5.41) is 6.54. The number of ether oxygens (including phenoxy) is 2. The maximum atomic E-state index is 12.4. The Kier molecular flexibility index (Phi) is 6.27. The molecule has 2 heterocycles. The zero-order valence-electron chi connectivity index (χ0n) is 17.3. The Morgan fingerprint density at radius 1 is 1.09 bits per heavy atom. The molecule has 9 heteroatoms. The summed E-state index contributed by atoms with van der Waals surface area (Å²) in [7, 11) is 0. The van der Waals surface area contributed by atoms with Crippen LogP contribution in [0.1, 0.15) is 28.6 Å². The summed E-state index contributed by atoms with van der Waals surface area (Å²) in [4.78, 5) is 24.7. The zero-order valence-corrected chi connectivity index (χ0v) is 18.9. The summed E-state index contributed by atoms with van der Waals surface area (Å²) in [5.74, 6) is 1.35. The van der Waals surface area contributed by atoms with Crippen LogP contribution in [-0.2, 0) is 4.79 Å². The maximum Gasteiger partial charge on any atom is 0.262 e. The molecule has 0 radical (unpaired) electrons. The van der Waals surface area contributed by atoms with E-state index in [0.717, 1.165) is 15.6 Å². The number of rotatable bonds is 6. The quantitative estimate of drug-likeness (QED) is 0.395. The average Bonchev–Trinajstić information content (AvgIpc) is 3.42. The summed E-state index contributed by atoms with van der Waals surface area (Å²) >= 11 is 3.53. The fraction of sp³-hybridized carbons (Fsp3) is 0.174. The molecule has 4 rings (SSSR count). The van der Waals surface area contributed by atoms with Crippen molar-refractivity contribution < 1.29 is 23.5 Å². The van der Waals surface area contributed by atoms with Crippen molar-refractivity contribution in [2.75, 3.05) is 6.79 Å². The lowest BCUT2D eigenvalue weighted by Crippen LogP contribution is -2.43. The molecular weight excluding hydrogens is 478 g/mol. The lowest BCUT2D eigenvalue weighted by molar-refractivity contribution is -0.122. The monoisotopic (exact) mass is 497 g/mol. The standard InChI is InChI=1S/C23H20BrN3O5/c1-13-3-6-17(18(24)9-13)19-8-5-16(32-19)11-25-27-22(28)14(2)26-23(29)15-4-7-20-21(10-15)31-12-30-20/h3-11,14H,12H2,1-2H3,(H,26,29)(H,27,28)/b25-11-/t14-/m0/s1. The van der Waals surface area contributed by atoms with Crippen molar-refractivity contribution in [3.63, 3.8) is 0 Å². The van der Waals surface area contributed by atoms with E-state index in [-0.39, 0.29) is 6.79 Å². The molecule has 2 N–H and O–H groups in total. The fourth-order valence-electron chi connectivity index (χ4n) is 3.03. The lowest BCUT2D eigenvalue weighted by Gasteiger charge is -2.12. The van der Waals surface area contributed by atoms with Gasteiger partial charge < -0.3 is 19.2 Å². The van der Waals surface area contributed by atoms with Gasteiger partial charge in [-0.15, -0.1) is 0 Å². The molecule has 0 saturated heterocycles. The molecule has 0 aliphatic carbocycles. The second-order valence-electron chi connectivity index (χ2n) is 7.18. The normalized spacial score (nSPS) is 13.2. The SMILES string of the molecule is Cc1ccc(-c2ccc(/C=N\NC(=O)[C@H](C)NC(=O)c3ccc4c(c3)OCO4)o2)c(Br)c1. The van der Waals surface area contributed by atoms with Crippen LogP contribution in [0, 0.1) is 6.92 Å². The number of hydrogen-bond acceptors (Lipinski definition) is 6. The predicted octanol–water partition coefficient (Wildman–Crippen LogP) is 4.01. The molecule has 2 amide bonds. The number of nitrogens with zero attached hydrogens (tertiary/aromatic N) is 1. The van der Waals surface area contributed by atoms with Crippen LogP contribution < -0.4 is 20.2 Å². The smallest absolute Gasteiger partial charge is 0.262 e. The molecule has 8 nitrogen and oxygen atoms in total. The zero-order chi connectivity index (χ0) is 22.7. The Bertz CT molecular complexity index is 1200. The minimum absolute atomic E-state index is 0.122. The number of hydrogen-bond donors (Lipinski definition) is 2. The molecular formula is C23H20BrN3O5. The van der Waals surface area contributed by atoms with Crippen LogP contribution in [0.2, 0.25) is 0 Å². The number of nitrogens with one attached hydrogen (secondary N) is 2. The number of hydrazone groups is 1. The summed E-state index contributed by atoms with van der Waals surface area (Å²) in [5.41, 5.74) is 4.81. The van der Waals surface area contributed by atoms with Crippen LogP contribution in [0.4, 0.5) is 0 Å². The van der Waals surface area contributed by atoms with Gasteiger partial charge in [-0.05, 0) is 61.9 Å². The van der Waals surface area contributed by atoms with E-state index >= 15 is 0 Å². The van der Waals surface area contributed by atoms with Crippen molar-refractivity contribution in [1.29, 1.82) is 0 Å². The third kappa shape index (κ3) is 4.83. The second kappa shape index (κ2) is 9.27. The van der Waals surface area contributed by atoms with E-state index in [4.69, 9.17) is 13.9 Å². The maximum absolute atomic E-state index is 12.4. The predicted molar refractivity (Wildman–Crippen MR) is 122 cm³/mol. The van der Waals surface area contributed by atoms with Gasteiger partial charge in [0.1, 0.15) is 17.6 Å². The van der Waals surface area contributed by atoms with Crippen molar-refractivity contribution in [2.45, 2.75) is 19.9 Å². The summed E-state index contributed by atoms with van der Waals surface area (Å²) in [6, 6.07) is 13.6. The van der Waals surface area contributed by atoms with Gasteiger partial charge in [0.05, 0.1) is 6.21 Å². The number of carbonyl (C=O) groups is 2. The number of aryl methyl sites for hydroxylation is 1. The molecule has 0 unspecified atom stereocenters. The Labute approximate surface area is 192 Å². The van der Waals surface area contributed by atoms with Crippen molar-refractivity contribution in [1.82, 2.24) is 10.7 Å². The minimum Gasteiger partial charge on any atom is -0.455 e. The molecule has 3 aromatic rings. The number of halogens is 1. The van der Waals surface area contributed by atoms with Crippen LogP contribution in [-0.4, -0.2) is 30.9 Å². The number of carbonyl (C=O) groups excluding carboxylic acids is 2. The summed E-state index contributed by atoms with van der Waals surface area (Å²) in [6.45, 7) is 3.70. The first kappa shape index (κ1) is 21.6. The van der Waals surface area contributed by atoms with E-state index in [0.29, 0.717) is 28.6 Å². The van der Waals surface area contributed by atoms with Crippen molar-refractivity contribution in [3.8, 4) is 22.8 Å². The van der Waals surface area contributed by atoms with Gasteiger partial charge in [0.15, 0.2) is 11.5 Å². The minimum atomic E-state index is -0.805. The summed E-state index contributed by atoms with van der Waals surface area (Å²) in [6.07, 6.45) is 1.40. The van der Waals surface area contributed by atoms with Gasteiger partial charge in [0, 0.05) is 15.6 Å². The molecule has 0 bridgehead atoms. The second-order valence-corrected chi connectivity index (χ2v) is 8.04. The Morgan fingerprint density at radius 3 is 2.72 bits per heavy atom. The molecule has 1 atom stereocenters. The lowest BCUT2D eigenvalue weighted by atomic mass is 10.1. The molecule has 1 aliphatic heterocycles. The molecule has 1 aliphatic rings. The van der Waals surface area contributed by atoms with Crippen molar-refractivity contribution in [3.05, 3.63) is 69.9 Å². The van der Waals surface area contributed by atoms with Gasteiger partial charge >= 0.3 is 0 Å². The number of benzene rings is 2. The molecule has 32 heavy (non-hydrogen) atoms. The van der Waals surface area contributed by atoms with Crippen molar-refractivity contribution in [2.24, 2.45) is 5.10 Å². The molecule has 2 aromatic carbocycles. The highest BCUT2D eigenvalue weighted by atomic mass is 79.9. The van der Waals surface area contributed by atoms with Gasteiger partial charge in [-0.1, -0.05) is 22.0 Å². The molecule has 0 saturated carbocycles. The van der Waals surface area contributed by atoms with E-state index in [1.807, 2.05) is 31.2 Å².